The van der Waals surface area contributed by atoms with E-state index in [4.69, 9.17) is 14.2 Å². The summed E-state index contributed by atoms with van der Waals surface area (Å²) in [5.74, 6) is 2.25. The van der Waals surface area contributed by atoms with Crippen LogP contribution < -0.4 is 24.7 Å². The minimum Gasteiger partial charge on any atom is -0.495 e. The van der Waals surface area contributed by atoms with Crippen LogP contribution in [0.1, 0.15) is 12.8 Å². The van der Waals surface area contributed by atoms with E-state index < -0.39 is 0 Å². The van der Waals surface area contributed by atoms with Crippen molar-refractivity contribution in [2.75, 3.05) is 51.4 Å². The van der Waals surface area contributed by atoms with Gasteiger partial charge in [-0.05, 0) is 44.1 Å². The van der Waals surface area contributed by atoms with Crippen LogP contribution in [0.3, 0.4) is 0 Å². The maximum absolute atomic E-state index is 13.2. The van der Waals surface area contributed by atoms with Crippen LogP contribution in [0.15, 0.2) is 47.4 Å². The second-order valence-corrected chi connectivity index (χ2v) is 9.44. The largest absolute Gasteiger partial charge is 0.495 e. The van der Waals surface area contributed by atoms with Crippen molar-refractivity contribution in [2.45, 2.75) is 19.4 Å². The van der Waals surface area contributed by atoms with Crippen LogP contribution in [0.4, 0.5) is 5.69 Å². The lowest BCUT2D eigenvalue weighted by molar-refractivity contribution is -0.138. The number of likely N-dealkylation sites (tertiary alicyclic amines) is 1. The zero-order valence-electron chi connectivity index (χ0n) is 19.7. The molecule has 35 heavy (non-hydrogen) atoms. The molecule has 2 fully saturated rings. The van der Waals surface area contributed by atoms with Crippen LogP contribution in [0.5, 0.6) is 17.2 Å². The molecule has 0 atom stereocenters. The smallest absolute Gasteiger partial charge is 0.251 e. The van der Waals surface area contributed by atoms with Gasteiger partial charge in [-0.2, -0.15) is 0 Å². The van der Waals surface area contributed by atoms with Gasteiger partial charge >= 0.3 is 0 Å². The molecule has 0 saturated carbocycles. The van der Waals surface area contributed by atoms with E-state index in [-0.39, 0.29) is 16.9 Å². The molecule has 0 aliphatic carbocycles. The van der Waals surface area contributed by atoms with Crippen LogP contribution in [0.25, 0.3) is 11.0 Å². The molecule has 3 aliphatic rings. The Morgan fingerprint density at radius 3 is 2.57 bits per heavy atom. The van der Waals surface area contributed by atoms with E-state index in [2.05, 4.69) is 9.88 Å². The van der Waals surface area contributed by atoms with Gasteiger partial charge in [-0.15, -0.1) is 0 Å². The molecule has 0 radical (unpaired) electrons. The van der Waals surface area contributed by atoms with E-state index >= 15 is 0 Å². The summed E-state index contributed by atoms with van der Waals surface area (Å²) in [6, 6.07) is 10.9. The molecule has 182 valence electrons. The fourth-order valence-corrected chi connectivity index (χ4v) is 5.35. The van der Waals surface area contributed by atoms with Crippen LogP contribution in [0, 0.1) is 5.41 Å². The average molecular weight is 477 g/mol. The van der Waals surface area contributed by atoms with Gasteiger partial charge in [-0.25, -0.2) is 0 Å². The van der Waals surface area contributed by atoms with E-state index in [1.165, 1.54) is 0 Å². The standard InChI is InChI=1S/C26H28N4O5/c1-33-19-15-21-20(27-16-19)3-5-24(31)29(21)11-10-28-8-6-26(7-9-28)17-30(25(26)32)18-2-4-22-23(14-18)35-13-12-34-22/h2-5,14-16H,6-13,17H2,1H3. The summed E-state index contributed by atoms with van der Waals surface area (Å²) in [4.78, 5) is 34.4. The molecule has 3 aliphatic heterocycles. The van der Waals surface area contributed by atoms with Gasteiger partial charge < -0.3 is 28.6 Å². The lowest BCUT2D eigenvalue weighted by Crippen LogP contribution is -2.65. The summed E-state index contributed by atoms with van der Waals surface area (Å²) in [5, 5.41) is 0. The number of β-lactam (4-membered cyclic amide) rings is 1. The normalized spacial score (nSPS) is 19.1. The predicted molar refractivity (Wildman–Crippen MR) is 130 cm³/mol. The highest BCUT2D eigenvalue weighted by atomic mass is 16.6. The van der Waals surface area contributed by atoms with Crippen molar-refractivity contribution < 1.29 is 19.0 Å². The number of hydrogen-bond donors (Lipinski definition) is 0. The van der Waals surface area contributed by atoms with Crippen molar-refractivity contribution in [3.8, 4) is 17.2 Å². The number of nitrogens with zero attached hydrogens (tertiary/aromatic N) is 4. The fourth-order valence-electron chi connectivity index (χ4n) is 5.35. The van der Waals surface area contributed by atoms with Crippen molar-refractivity contribution in [1.29, 1.82) is 0 Å². The second-order valence-electron chi connectivity index (χ2n) is 9.44. The average Bonchev–Trinajstić information content (AvgIpc) is 2.91. The fraction of sp³-hybridized carbons (Fsp3) is 0.423. The number of anilines is 1. The molecule has 9 nitrogen and oxygen atoms in total. The Hall–Kier alpha value is -3.59. The van der Waals surface area contributed by atoms with Crippen molar-refractivity contribution in [1.82, 2.24) is 14.5 Å². The van der Waals surface area contributed by atoms with Gasteiger partial charge in [0.05, 0.1) is 29.8 Å². The predicted octanol–water partition coefficient (Wildman–Crippen LogP) is 2.31. The number of carbonyl (C=O) groups excluding carboxylic acids is 1. The Bertz CT molecular complexity index is 1350. The van der Waals surface area contributed by atoms with Crippen LogP contribution >= 0.6 is 0 Å². The van der Waals surface area contributed by atoms with E-state index in [0.717, 1.165) is 61.5 Å². The lowest BCUT2D eigenvalue weighted by Gasteiger charge is -2.52. The topological polar surface area (TPSA) is 86.1 Å². The number of aromatic nitrogens is 2. The Morgan fingerprint density at radius 1 is 1.00 bits per heavy atom. The third-order valence-corrected chi connectivity index (χ3v) is 7.50. The molecule has 1 aromatic carbocycles. The summed E-state index contributed by atoms with van der Waals surface area (Å²) < 4.78 is 18.3. The van der Waals surface area contributed by atoms with E-state index in [9.17, 15) is 9.59 Å². The highest BCUT2D eigenvalue weighted by Gasteiger charge is 2.53. The zero-order chi connectivity index (χ0) is 24.0. The molecule has 0 bridgehead atoms. The number of methoxy groups -OCH3 is 1. The molecular formula is C26H28N4O5. The van der Waals surface area contributed by atoms with Crippen molar-refractivity contribution in [3.63, 3.8) is 0 Å². The van der Waals surface area contributed by atoms with Gasteiger partial charge in [0.15, 0.2) is 11.5 Å². The first kappa shape index (κ1) is 21.9. The molecule has 9 heteroatoms. The van der Waals surface area contributed by atoms with Crippen molar-refractivity contribution >= 4 is 22.6 Å². The number of pyridine rings is 2. The van der Waals surface area contributed by atoms with Crippen LogP contribution in [-0.2, 0) is 11.3 Å². The summed E-state index contributed by atoms with van der Waals surface area (Å²) in [6.45, 7) is 4.78. The van der Waals surface area contributed by atoms with E-state index in [1.807, 2.05) is 29.2 Å². The summed E-state index contributed by atoms with van der Waals surface area (Å²) in [5.41, 5.74) is 2.07. The minimum atomic E-state index is -0.280. The van der Waals surface area contributed by atoms with Crippen molar-refractivity contribution in [3.05, 3.63) is 52.9 Å². The first-order valence-electron chi connectivity index (χ1n) is 12.0. The SMILES string of the molecule is COc1cnc2ccc(=O)n(CCN3CCC4(CC3)CN(c3ccc5c(c3)OCCO5)C4=O)c2c1. The van der Waals surface area contributed by atoms with Crippen molar-refractivity contribution in [2.24, 2.45) is 5.41 Å². The number of hydrogen-bond acceptors (Lipinski definition) is 7. The van der Waals surface area contributed by atoms with Gasteiger partial charge in [-0.1, -0.05) is 0 Å². The Morgan fingerprint density at radius 2 is 1.80 bits per heavy atom. The Kier molecular flexibility index (Phi) is 5.36. The van der Waals surface area contributed by atoms with E-state index in [1.54, 1.807) is 30.0 Å². The number of benzene rings is 1. The minimum absolute atomic E-state index is 0.0507. The maximum Gasteiger partial charge on any atom is 0.251 e. The maximum atomic E-state index is 13.2. The number of ether oxygens (including phenoxy) is 3. The number of piperidine rings is 1. The third-order valence-electron chi connectivity index (χ3n) is 7.50. The Balaban J connectivity index is 1.09. The second kappa shape index (κ2) is 8.57. The highest BCUT2D eigenvalue weighted by molar-refractivity contribution is 6.04. The molecule has 0 unspecified atom stereocenters. The number of fused-ring (bicyclic) bond motifs is 2. The van der Waals surface area contributed by atoms with Crippen LogP contribution in [0.2, 0.25) is 0 Å². The molecule has 2 saturated heterocycles. The quantitative estimate of drug-likeness (QED) is 0.523. The van der Waals surface area contributed by atoms with Gasteiger partial charge in [0, 0.05) is 43.5 Å². The van der Waals surface area contributed by atoms with Crippen LogP contribution in [-0.4, -0.2) is 66.9 Å². The number of amides is 1. The third kappa shape index (κ3) is 3.80. The molecule has 2 aromatic heterocycles. The van der Waals surface area contributed by atoms with E-state index in [0.29, 0.717) is 31.3 Å². The number of carbonyl (C=O) groups is 1. The summed E-state index contributed by atoms with van der Waals surface area (Å²) >= 11 is 0. The van der Waals surface area contributed by atoms with Gasteiger partial charge in [0.25, 0.3) is 5.56 Å². The van der Waals surface area contributed by atoms with Gasteiger partial charge in [0.1, 0.15) is 19.0 Å². The molecule has 5 heterocycles. The summed E-state index contributed by atoms with van der Waals surface area (Å²) in [6.07, 6.45) is 3.31. The highest BCUT2D eigenvalue weighted by Crippen LogP contribution is 2.45. The molecule has 1 amide bonds. The summed E-state index contributed by atoms with van der Waals surface area (Å²) in [7, 11) is 1.59. The molecule has 6 rings (SSSR count). The molecule has 0 N–H and O–H groups in total. The molecule has 1 spiro atoms. The zero-order valence-corrected chi connectivity index (χ0v) is 19.7. The molecular weight excluding hydrogens is 448 g/mol. The van der Waals surface area contributed by atoms with Gasteiger partial charge in [-0.3, -0.25) is 14.6 Å². The lowest BCUT2D eigenvalue weighted by atomic mass is 9.71. The molecule has 3 aromatic rings. The Labute approximate surface area is 202 Å². The first-order valence-corrected chi connectivity index (χ1v) is 12.0. The van der Waals surface area contributed by atoms with Gasteiger partial charge in [0.2, 0.25) is 5.91 Å². The monoisotopic (exact) mass is 476 g/mol. The number of rotatable bonds is 5. The first-order chi connectivity index (χ1) is 17.1.